The number of sulfone groups is 1. The van der Waals surface area contributed by atoms with Gasteiger partial charge >= 0.3 is 6.09 Å². The summed E-state index contributed by atoms with van der Waals surface area (Å²) in [5, 5.41) is 19.3. The van der Waals surface area contributed by atoms with Gasteiger partial charge in [0.1, 0.15) is 0 Å². The molecule has 1 aliphatic rings. The van der Waals surface area contributed by atoms with E-state index in [9.17, 15) is 23.6 Å². The molecule has 0 aliphatic carbocycles. The van der Waals surface area contributed by atoms with E-state index >= 15 is 0 Å². The van der Waals surface area contributed by atoms with E-state index in [1.807, 2.05) is 0 Å². The third-order valence-electron chi connectivity index (χ3n) is 5.28. The van der Waals surface area contributed by atoms with Crippen LogP contribution in [-0.2, 0) is 14.6 Å². The third kappa shape index (κ3) is 6.71. The summed E-state index contributed by atoms with van der Waals surface area (Å²) in [7, 11) is -3.62. The number of amides is 1. The molecular formula is C23H22Cl2N2O5S. The lowest BCUT2D eigenvalue weighted by atomic mass is 9.97. The Morgan fingerprint density at radius 3 is 2.70 bits per heavy atom. The van der Waals surface area contributed by atoms with Crippen molar-refractivity contribution < 1.29 is 23.1 Å². The number of carbonyl (C=O) groups is 1. The molecule has 0 radical (unpaired) electrons. The highest BCUT2D eigenvalue weighted by atomic mass is 35.5. The molecule has 7 nitrogen and oxygen atoms in total. The molecule has 2 unspecified atom stereocenters. The van der Waals surface area contributed by atoms with E-state index in [1.54, 1.807) is 48.5 Å². The van der Waals surface area contributed by atoms with Crippen molar-refractivity contribution in [3.05, 3.63) is 75.3 Å². The zero-order valence-corrected chi connectivity index (χ0v) is 19.9. The summed E-state index contributed by atoms with van der Waals surface area (Å²) in [6.07, 6.45) is 1.29. The maximum absolute atomic E-state index is 12.9. The van der Waals surface area contributed by atoms with Gasteiger partial charge in [0.05, 0.1) is 45.9 Å². The van der Waals surface area contributed by atoms with Gasteiger partial charge in [-0.05, 0) is 29.3 Å². The summed E-state index contributed by atoms with van der Waals surface area (Å²) >= 11 is 12.1. The second kappa shape index (κ2) is 11.0. The first-order valence-electron chi connectivity index (χ1n) is 10.1. The van der Waals surface area contributed by atoms with Gasteiger partial charge in [-0.3, -0.25) is 0 Å². The van der Waals surface area contributed by atoms with E-state index < -0.39 is 28.0 Å². The summed E-state index contributed by atoms with van der Waals surface area (Å²) in [6, 6.07) is 13.9. The van der Waals surface area contributed by atoms with Crippen LogP contribution in [-0.4, -0.2) is 55.7 Å². The van der Waals surface area contributed by atoms with Gasteiger partial charge < -0.3 is 14.7 Å². The second-order valence-electron chi connectivity index (χ2n) is 7.63. The molecule has 0 saturated carbocycles. The van der Waals surface area contributed by atoms with Crippen LogP contribution in [0.25, 0.3) is 6.08 Å². The first-order valence-corrected chi connectivity index (χ1v) is 12.7. The number of halogens is 2. The number of carboxylic acid groups (broad SMARTS) is 1. The molecule has 10 heteroatoms. The van der Waals surface area contributed by atoms with Crippen molar-refractivity contribution >= 4 is 45.2 Å². The Labute approximate surface area is 202 Å². The van der Waals surface area contributed by atoms with Crippen LogP contribution < -0.4 is 0 Å². The van der Waals surface area contributed by atoms with E-state index in [4.69, 9.17) is 27.9 Å². The lowest BCUT2D eigenvalue weighted by Gasteiger charge is -2.27. The zero-order chi connectivity index (χ0) is 24.0. The van der Waals surface area contributed by atoms with Crippen molar-refractivity contribution in [1.82, 2.24) is 4.90 Å². The average Bonchev–Trinajstić information content (AvgIpc) is 2.98. The molecule has 1 saturated heterocycles. The first kappa shape index (κ1) is 25.1. The molecule has 0 bridgehead atoms. The molecule has 1 heterocycles. The number of ether oxygens (including phenoxy) is 1. The Bertz CT molecular complexity index is 1190. The second-order valence-corrected chi connectivity index (χ2v) is 10.6. The Hall–Kier alpha value is -2.57. The Morgan fingerprint density at radius 1 is 1.24 bits per heavy atom. The van der Waals surface area contributed by atoms with Crippen molar-refractivity contribution in [2.24, 2.45) is 5.92 Å². The minimum atomic E-state index is -3.62. The van der Waals surface area contributed by atoms with Crippen LogP contribution in [0.15, 0.2) is 48.5 Å². The molecule has 2 atom stereocenters. The van der Waals surface area contributed by atoms with Crippen LogP contribution in [0.2, 0.25) is 10.0 Å². The molecular weight excluding hydrogens is 487 g/mol. The lowest BCUT2D eigenvalue weighted by molar-refractivity contribution is 0.0367. The van der Waals surface area contributed by atoms with Gasteiger partial charge in [-0.25, -0.2) is 13.2 Å². The number of nitriles is 1. The molecule has 1 fully saturated rings. The highest BCUT2D eigenvalue weighted by Gasteiger charge is 2.34. The van der Waals surface area contributed by atoms with Crippen molar-refractivity contribution in [3.63, 3.8) is 0 Å². The van der Waals surface area contributed by atoms with Crippen molar-refractivity contribution in [2.45, 2.75) is 6.10 Å². The van der Waals surface area contributed by atoms with Gasteiger partial charge in [0.2, 0.25) is 0 Å². The summed E-state index contributed by atoms with van der Waals surface area (Å²) in [5.74, 6) is -1.19. The van der Waals surface area contributed by atoms with Crippen LogP contribution in [0, 0.1) is 17.2 Å². The van der Waals surface area contributed by atoms with Gasteiger partial charge in [0, 0.05) is 19.0 Å². The SMILES string of the molecule is N#Cc1ccccc1C=CCS(=O)(=O)CC1CN(C(=O)O)CCOC1c1ccc(Cl)c(Cl)c1. The molecule has 3 rings (SSSR count). The topological polar surface area (TPSA) is 108 Å². The van der Waals surface area contributed by atoms with E-state index in [-0.39, 0.29) is 31.2 Å². The predicted molar refractivity (Wildman–Crippen MR) is 127 cm³/mol. The quantitative estimate of drug-likeness (QED) is 0.607. The maximum Gasteiger partial charge on any atom is 0.407 e. The lowest BCUT2D eigenvalue weighted by Crippen LogP contribution is -2.37. The molecule has 1 amide bonds. The van der Waals surface area contributed by atoms with E-state index in [0.717, 1.165) is 4.90 Å². The highest BCUT2D eigenvalue weighted by Crippen LogP contribution is 2.34. The van der Waals surface area contributed by atoms with Crippen LogP contribution in [0.4, 0.5) is 4.79 Å². The first-order chi connectivity index (χ1) is 15.7. The average molecular weight is 509 g/mol. The molecule has 1 aliphatic heterocycles. The standard InChI is InChI=1S/C23H22Cl2N2O5S/c24-20-8-7-17(12-21(20)25)22-19(14-27(23(28)29)9-10-32-22)15-33(30,31)11-3-6-16-4-1-2-5-18(16)13-26/h1-8,12,19,22H,9-11,14-15H2,(H,28,29). The fourth-order valence-electron chi connectivity index (χ4n) is 3.73. The van der Waals surface area contributed by atoms with E-state index in [2.05, 4.69) is 6.07 Å². The van der Waals surface area contributed by atoms with Crippen molar-refractivity contribution in [2.75, 3.05) is 31.2 Å². The van der Waals surface area contributed by atoms with E-state index in [0.29, 0.717) is 26.7 Å². The number of hydrogen-bond donors (Lipinski definition) is 1. The third-order valence-corrected chi connectivity index (χ3v) is 7.66. The smallest absolute Gasteiger partial charge is 0.407 e. The molecule has 0 aromatic heterocycles. The Balaban J connectivity index is 1.83. The van der Waals surface area contributed by atoms with Gasteiger partial charge in [0.25, 0.3) is 0 Å². The minimum Gasteiger partial charge on any atom is -0.465 e. The monoisotopic (exact) mass is 508 g/mol. The summed E-state index contributed by atoms with van der Waals surface area (Å²) < 4.78 is 31.8. The Kier molecular flexibility index (Phi) is 8.38. The predicted octanol–water partition coefficient (Wildman–Crippen LogP) is 4.66. The van der Waals surface area contributed by atoms with Crippen molar-refractivity contribution in [3.8, 4) is 6.07 Å². The van der Waals surface area contributed by atoms with E-state index in [1.165, 1.54) is 6.08 Å². The van der Waals surface area contributed by atoms with Gasteiger partial charge in [-0.15, -0.1) is 0 Å². The highest BCUT2D eigenvalue weighted by molar-refractivity contribution is 7.91. The number of hydrogen-bond acceptors (Lipinski definition) is 5. The number of rotatable bonds is 6. The van der Waals surface area contributed by atoms with Gasteiger partial charge in [0.15, 0.2) is 9.84 Å². The summed E-state index contributed by atoms with van der Waals surface area (Å²) in [6.45, 7) is 0.258. The van der Waals surface area contributed by atoms with Crippen LogP contribution in [0.3, 0.4) is 0 Å². The summed E-state index contributed by atoms with van der Waals surface area (Å²) in [4.78, 5) is 12.8. The normalized spacial score (nSPS) is 19.2. The fraction of sp³-hybridized carbons (Fsp3) is 0.304. The van der Waals surface area contributed by atoms with Gasteiger partial charge in [-0.1, -0.05) is 59.6 Å². The van der Waals surface area contributed by atoms with Gasteiger partial charge in [-0.2, -0.15) is 5.26 Å². The number of nitrogens with zero attached hydrogens (tertiary/aromatic N) is 2. The van der Waals surface area contributed by atoms with Crippen molar-refractivity contribution in [1.29, 1.82) is 5.26 Å². The molecule has 0 spiro atoms. The maximum atomic E-state index is 12.9. The summed E-state index contributed by atoms with van der Waals surface area (Å²) in [5.41, 5.74) is 1.70. The largest absolute Gasteiger partial charge is 0.465 e. The molecule has 174 valence electrons. The molecule has 33 heavy (non-hydrogen) atoms. The number of benzene rings is 2. The molecule has 2 aromatic rings. The van der Waals surface area contributed by atoms with Crippen LogP contribution >= 0.6 is 23.2 Å². The molecule has 1 N–H and O–H groups in total. The zero-order valence-electron chi connectivity index (χ0n) is 17.5. The molecule has 2 aromatic carbocycles. The fourth-order valence-corrected chi connectivity index (χ4v) is 5.49. The van der Waals surface area contributed by atoms with Crippen LogP contribution in [0.1, 0.15) is 22.8 Å². The minimum absolute atomic E-state index is 0.000452. The van der Waals surface area contributed by atoms with Crippen LogP contribution in [0.5, 0.6) is 0 Å². The Morgan fingerprint density at radius 2 is 2.00 bits per heavy atom.